The number of carboxylic acids is 1. The lowest BCUT2D eigenvalue weighted by atomic mass is 10.1. The number of alkyl carbamates (subject to hydrolysis) is 2. The molecule has 0 fully saturated rings. The van der Waals surface area contributed by atoms with Crippen LogP contribution in [0.5, 0.6) is 0 Å². The molecule has 2 N–H and O–H groups in total. The Morgan fingerprint density at radius 2 is 1.77 bits per heavy atom. The van der Waals surface area contributed by atoms with E-state index in [9.17, 15) is 19.5 Å². The van der Waals surface area contributed by atoms with E-state index in [1.54, 1.807) is 45.0 Å². The van der Waals surface area contributed by atoms with Crippen LogP contribution in [-0.2, 0) is 20.9 Å². The van der Waals surface area contributed by atoms with E-state index >= 15 is 0 Å². The predicted octanol–water partition coefficient (Wildman–Crippen LogP) is 1.34. The molecule has 0 bridgehead atoms. The molecule has 1 aromatic rings. The predicted molar refractivity (Wildman–Crippen MR) is 92.0 cm³/mol. The van der Waals surface area contributed by atoms with Crippen molar-refractivity contribution in [2.45, 2.75) is 51.9 Å². The topological polar surface area (TPSA) is 117 Å². The van der Waals surface area contributed by atoms with E-state index in [2.05, 4.69) is 10.6 Å². The minimum atomic E-state index is -1.42. The van der Waals surface area contributed by atoms with Crippen LogP contribution in [0.25, 0.3) is 0 Å². The van der Waals surface area contributed by atoms with Crippen molar-refractivity contribution in [1.29, 1.82) is 0 Å². The van der Waals surface area contributed by atoms with Crippen molar-refractivity contribution in [2.24, 2.45) is 0 Å². The van der Waals surface area contributed by atoms with Crippen LogP contribution < -0.4 is 15.7 Å². The molecule has 0 saturated heterocycles. The minimum absolute atomic E-state index is 0.0344. The number of amides is 2. The van der Waals surface area contributed by atoms with Gasteiger partial charge in [0, 0.05) is 6.54 Å². The smallest absolute Gasteiger partial charge is 0.407 e. The van der Waals surface area contributed by atoms with Crippen LogP contribution >= 0.6 is 0 Å². The maximum absolute atomic E-state index is 11.7. The molecule has 1 atom stereocenters. The standard InChI is InChI=1S/C18H26N2O6/c1-18(2,3)26-16(23)19-11-7-10-14(15(21)22)20-17(24)25-12-13-8-5-4-6-9-13/h4-6,8-9,14H,7,10-12H2,1-3H3,(H,19,23)(H,20,24)(H,21,22)/p-1/t14-/m0/s1. The Bertz CT molecular complexity index is 597. The molecule has 2 amide bonds. The summed E-state index contributed by atoms with van der Waals surface area (Å²) in [5.41, 5.74) is 0.177. The number of hydrogen-bond acceptors (Lipinski definition) is 6. The van der Waals surface area contributed by atoms with E-state index < -0.39 is 29.8 Å². The lowest BCUT2D eigenvalue weighted by Gasteiger charge is -2.21. The van der Waals surface area contributed by atoms with Gasteiger partial charge in [-0.3, -0.25) is 0 Å². The Kier molecular flexibility index (Phi) is 8.41. The molecular weight excluding hydrogens is 340 g/mol. The summed E-state index contributed by atoms with van der Waals surface area (Å²) < 4.78 is 10.0. The fourth-order valence-electron chi connectivity index (χ4n) is 1.97. The van der Waals surface area contributed by atoms with Gasteiger partial charge < -0.3 is 30.0 Å². The zero-order chi connectivity index (χ0) is 19.6. The molecule has 1 aromatic carbocycles. The third-order valence-corrected chi connectivity index (χ3v) is 3.13. The summed E-state index contributed by atoms with van der Waals surface area (Å²) in [6, 6.07) is 7.80. The molecule has 0 spiro atoms. The first-order valence-corrected chi connectivity index (χ1v) is 8.32. The van der Waals surface area contributed by atoms with Crippen molar-refractivity contribution in [3.8, 4) is 0 Å². The zero-order valence-corrected chi connectivity index (χ0v) is 15.2. The Labute approximate surface area is 152 Å². The molecule has 0 aliphatic carbocycles. The highest BCUT2D eigenvalue weighted by atomic mass is 16.6. The highest BCUT2D eigenvalue weighted by Gasteiger charge is 2.17. The number of ether oxygens (including phenoxy) is 2. The van der Waals surface area contributed by atoms with E-state index in [0.717, 1.165) is 5.56 Å². The molecule has 0 aromatic heterocycles. The fourth-order valence-corrected chi connectivity index (χ4v) is 1.97. The van der Waals surface area contributed by atoms with E-state index in [1.165, 1.54) is 0 Å². The first-order valence-electron chi connectivity index (χ1n) is 8.32. The van der Waals surface area contributed by atoms with Crippen LogP contribution in [0.2, 0.25) is 0 Å². The molecule has 0 aliphatic heterocycles. The fraction of sp³-hybridized carbons (Fsp3) is 0.500. The van der Waals surface area contributed by atoms with E-state index in [4.69, 9.17) is 9.47 Å². The van der Waals surface area contributed by atoms with Gasteiger partial charge in [-0.1, -0.05) is 30.3 Å². The Morgan fingerprint density at radius 3 is 2.35 bits per heavy atom. The number of hydrogen-bond donors (Lipinski definition) is 2. The van der Waals surface area contributed by atoms with Gasteiger partial charge in [-0.2, -0.15) is 0 Å². The molecule has 0 saturated carbocycles. The summed E-state index contributed by atoms with van der Waals surface area (Å²) in [5, 5.41) is 15.9. The Morgan fingerprint density at radius 1 is 1.12 bits per heavy atom. The third kappa shape index (κ3) is 9.51. The van der Waals surface area contributed by atoms with Crippen LogP contribution in [-0.4, -0.2) is 36.3 Å². The Balaban J connectivity index is 2.31. The van der Waals surface area contributed by atoms with Crippen molar-refractivity contribution in [3.05, 3.63) is 35.9 Å². The van der Waals surface area contributed by atoms with Gasteiger partial charge in [-0.05, 0) is 39.2 Å². The van der Waals surface area contributed by atoms with Crippen LogP contribution in [0.4, 0.5) is 9.59 Å². The summed E-state index contributed by atoms with van der Waals surface area (Å²) in [6.07, 6.45) is -1.03. The summed E-state index contributed by atoms with van der Waals surface area (Å²) >= 11 is 0. The molecule has 0 aliphatic rings. The van der Waals surface area contributed by atoms with Crippen molar-refractivity contribution in [3.63, 3.8) is 0 Å². The van der Waals surface area contributed by atoms with Crippen LogP contribution in [0.1, 0.15) is 39.2 Å². The van der Waals surface area contributed by atoms with Gasteiger partial charge in [0.2, 0.25) is 0 Å². The maximum Gasteiger partial charge on any atom is 0.407 e. The number of carbonyl (C=O) groups excluding carboxylic acids is 3. The molecule has 144 valence electrons. The second kappa shape index (κ2) is 10.3. The molecular formula is C18H25N2O6-. The monoisotopic (exact) mass is 365 g/mol. The van der Waals surface area contributed by atoms with Gasteiger partial charge in [-0.15, -0.1) is 0 Å². The first kappa shape index (κ1) is 21.3. The molecule has 0 heterocycles. The quantitative estimate of drug-likeness (QED) is 0.671. The number of carboxylic acid groups (broad SMARTS) is 1. The number of aliphatic carboxylic acids is 1. The van der Waals surface area contributed by atoms with E-state index in [-0.39, 0.29) is 19.6 Å². The number of carbonyl (C=O) groups is 3. The largest absolute Gasteiger partial charge is 0.548 e. The van der Waals surface area contributed by atoms with Crippen molar-refractivity contribution in [2.75, 3.05) is 6.54 Å². The average molecular weight is 365 g/mol. The summed E-state index contributed by atoms with van der Waals surface area (Å²) in [7, 11) is 0. The first-order chi connectivity index (χ1) is 12.2. The number of benzene rings is 1. The highest BCUT2D eigenvalue weighted by molar-refractivity contribution is 5.78. The number of rotatable bonds is 8. The molecule has 26 heavy (non-hydrogen) atoms. The maximum atomic E-state index is 11.7. The van der Waals surface area contributed by atoms with E-state index in [1.807, 2.05) is 6.07 Å². The van der Waals surface area contributed by atoms with Crippen LogP contribution in [0, 0.1) is 0 Å². The van der Waals surface area contributed by atoms with Gasteiger partial charge >= 0.3 is 12.2 Å². The average Bonchev–Trinajstić information content (AvgIpc) is 2.55. The SMILES string of the molecule is CC(C)(C)OC(=O)NCCC[C@H](NC(=O)OCc1ccccc1)C(=O)[O-]. The van der Waals surface area contributed by atoms with Crippen LogP contribution in [0.3, 0.4) is 0 Å². The van der Waals surface area contributed by atoms with Crippen molar-refractivity contribution < 1.29 is 29.0 Å². The Hall–Kier alpha value is -2.77. The lowest BCUT2D eigenvalue weighted by Crippen LogP contribution is -2.48. The van der Waals surface area contributed by atoms with Gasteiger partial charge in [0.25, 0.3) is 0 Å². The van der Waals surface area contributed by atoms with Gasteiger partial charge in [0.05, 0.1) is 12.0 Å². The summed E-state index contributed by atoms with van der Waals surface area (Å²) in [4.78, 5) is 34.3. The second-order valence-corrected chi connectivity index (χ2v) is 6.65. The zero-order valence-electron chi connectivity index (χ0n) is 15.2. The third-order valence-electron chi connectivity index (χ3n) is 3.13. The summed E-state index contributed by atoms with van der Waals surface area (Å²) in [5.74, 6) is -1.42. The van der Waals surface area contributed by atoms with Gasteiger partial charge in [-0.25, -0.2) is 9.59 Å². The van der Waals surface area contributed by atoms with Gasteiger partial charge in [0.1, 0.15) is 12.2 Å². The molecule has 0 unspecified atom stereocenters. The number of nitrogens with one attached hydrogen (secondary N) is 2. The lowest BCUT2D eigenvalue weighted by molar-refractivity contribution is -0.308. The second-order valence-electron chi connectivity index (χ2n) is 6.65. The minimum Gasteiger partial charge on any atom is -0.548 e. The molecule has 1 rings (SSSR count). The molecule has 0 radical (unpaired) electrons. The highest BCUT2D eigenvalue weighted by Crippen LogP contribution is 2.06. The van der Waals surface area contributed by atoms with Crippen LogP contribution in [0.15, 0.2) is 30.3 Å². The normalized spacial score (nSPS) is 12.0. The summed E-state index contributed by atoms with van der Waals surface area (Å²) in [6.45, 7) is 5.46. The van der Waals surface area contributed by atoms with Crippen molar-refractivity contribution in [1.82, 2.24) is 10.6 Å². The van der Waals surface area contributed by atoms with Crippen molar-refractivity contribution >= 4 is 18.2 Å². The van der Waals surface area contributed by atoms with E-state index in [0.29, 0.717) is 6.42 Å². The molecule has 8 nitrogen and oxygen atoms in total. The van der Waals surface area contributed by atoms with Gasteiger partial charge in [0.15, 0.2) is 0 Å². The molecule has 8 heteroatoms.